The Bertz CT molecular complexity index is 304. The van der Waals surface area contributed by atoms with Crippen molar-refractivity contribution in [3.63, 3.8) is 0 Å². The van der Waals surface area contributed by atoms with Gasteiger partial charge in [0, 0.05) is 0 Å². The molecule has 2 rings (SSSR count). The van der Waals surface area contributed by atoms with Crippen LogP contribution >= 0.6 is 0 Å². The number of hydrogen-bond donors (Lipinski definition) is 2. The summed E-state index contributed by atoms with van der Waals surface area (Å²) in [4.78, 5) is 22.6. The van der Waals surface area contributed by atoms with E-state index in [0.717, 1.165) is 25.7 Å². The minimum atomic E-state index is -1.71. The number of carboxylic acids is 1. The molecule has 1 unspecified atom stereocenters. The van der Waals surface area contributed by atoms with E-state index >= 15 is 0 Å². The molecule has 5 nitrogen and oxygen atoms in total. The van der Waals surface area contributed by atoms with Crippen molar-refractivity contribution in [3.8, 4) is 0 Å². The van der Waals surface area contributed by atoms with Crippen molar-refractivity contribution >= 4 is 11.9 Å². The Balaban J connectivity index is 2.18. The van der Waals surface area contributed by atoms with E-state index in [1.807, 2.05) is 0 Å². The number of carbonyl (C=O) groups excluding carboxylic acids is 1. The van der Waals surface area contributed by atoms with Crippen molar-refractivity contribution < 1.29 is 19.4 Å². The molecule has 0 radical (unpaired) electrons. The Morgan fingerprint density at radius 3 is 2.87 bits per heavy atom. The average Bonchev–Trinajstić information content (AvgIpc) is 2.19. The van der Waals surface area contributed by atoms with Gasteiger partial charge in [0.1, 0.15) is 0 Å². The number of ether oxygens (including phenoxy) is 1. The maximum absolute atomic E-state index is 11.6. The highest BCUT2D eigenvalue weighted by Gasteiger charge is 2.51. The fourth-order valence-corrected chi connectivity index (χ4v) is 2.21. The second kappa shape index (κ2) is 3.48. The average molecular weight is 213 g/mol. The zero-order chi connectivity index (χ0) is 11.1. The van der Waals surface area contributed by atoms with Gasteiger partial charge in [0.25, 0.3) is 5.91 Å². The molecule has 2 aliphatic rings. The lowest BCUT2D eigenvalue weighted by atomic mass is 9.88. The summed E-state index contributed by atoms with van der Waals surface area (Å²) < 4.78 is 5.44. The molecule has 0 aromatic rings. The Hall–Kier alpha value is -1.10. The second-order valence-electron chi connectivity index (χ2n) is 4.36. The van der Waals surface area contributed by atoms with Gasteiger partial charge in [-0.1, -0.05) is 12.8 Å². The van der Waals surface area contributed by atoms with Crippen LogP contribution in [0.25, 0.3) is 0 Å². The molecular weight excluding hydrogens is 198 g/mol. The molecule has 84 valence electrons. The molecule has 5 heteroatoms. The van der Waals surface area contributed by atoms with Crippen LogP contribution in [0.15, 0.2) is 0 Å². The summed E-state index contributed by atoms with van der Waals surface area (Å²) in [7, 11) is 0. The van der Waals surface area contributed by atoms with Crippen LogP contribution in [0, 0.1) is 0 Å². The zero-order valence-corrected chi connectivity index (χ0v) is 8.66. The van der Waals surface area contributed by atoms with Gasteiger partial charge in [-0.25, -0.2) is 4.79 Å². The standard InChI is InChI=1S/C10H15NO4/c1-10(9(13)14)8(12)11-6-4-2-3-5-7(6)15-10/h6-7H,2-5H2,1H3,(H,11,12)(H,13,14)/t6-,7?,10+/m1/s1. The Labute approximate surface area is 87.8 Å². The maximum Gasteiger partial charge on any atom is 0.345 e. The van der Waals surface area contributed by atoms with Crippen LogP contribution in [0.4, 0.5) is 0 Å². The highest BCUT2D eigenvalue weighted by Crippen LogP contribution is 2.30. The van der Waals surface area contributed by atoms with Crippen molar-refractivity contribution in [3.05, 3.63) is 0 Å². The predicted octanol–water partition coefficient (Wildman–Crippen LogP) is 0.287. The third-order valence-corrected chi connectivity index (χ3v) is 3.25. The monoisotopic (exact) mass is 213 g/mol. The summed E-state index contributed by atoms with van der Waals surface area (Å²) in [5, 5.41) is 11.7. The summed E-state index contributed by atoms with van der Waals surface area (Å²) in [6.45, 7) is 1.31. The number of rotatable bonds is 1. The Kier molecular flexibility index (Phi) is 2.42. The van der Waals surface area contributed by atoms with E-state index in [9.17, 15) is 9.59 Å². The van der Waals surface area contributed by atoms with Crippen LogP contribution in [-0.4, -0.2) is 34.7 Å². The Morgan fingerprint density at radius 1 is 1.53 bits per heavy atom. The molecule has 1 aliphatic carbocycles. The lowest BCUT2D eigenvalue weighted by Gasteiger charge is -2.42. The van der Waals surface area contributed by atoms with Crippen LogP contribution in [-0.2, 0) is 14.3 Å². The van der Waals surface area contributed by atoms with Gasteiger partial charge < -0.3 is 15.2 Å². The van der Waals surface area contributed by atoms with E-state index in [1.54, 1.807) is 0 Å². The molecule has 1 heterocycles. The molecular formula is C10H15NO4. The highest BCUT2D eigenvalue weighted by atomic mass is 16.5. The van der Waals surface area contributed by atoms with Crippen molar-refractivity contribution in [2.24, 2.45) is 0 Å². The van der Waals surface area contributed by atoms with Gasteiger partial charge in [0.05, 0.1) is 12.1 Å². The van der Waals surface area contributed by atoms with Gasteiger partial charge >= 0.3 is 5.97 Å². The first-order valence-corrected chi connectivity index (χ1v) is 5.26. The minimum Gasteiger partial charge on any atom is -0.479 e. The van der Waals surface area contributed by atoms with E-state index in [4.69, 9.17) is 9.84 Å². The van der Waals surface area contributed by atoms with Crippen molar-refractivity contribution in [2.45, 2.75) is 50.4 Å². The third kappa shape index (κ3) is 1.61. The molecule has 0 bridgehead atoms. The van der Waals surface area contributed by atoms with Gasteiger partial charge in [-0.05, 0) is 19.8 Å². The number of amides is 1. The van der Waals surface area contributed by atoms with Crippen LogP contribution in [0.5, 0.6) is 0 Å². The molecule has 3 atom stereocenters. The number of morpholine rings is 1. The van der Waals surface area contributed by atoms with Crippen LogP contribution < -0.4 is 5.32 Å². The smallest absolute Gasteiger partial charge is 0.345 e. The van der Waals surface area contributed by atoms with E-state index in [-0.39, 0.29) is 12.1 Å². The summed E-state index contributed by atoms with van der Waals surface area (Å²) in [6.07, 6.45) is 3.67. The molecule has 0 aromatic heterocycles. The van der Waals surface area contributed by atoms with E-state index in [0.29, 0.717) is 0 Å². The van der Waals surface area contributed by atoms with E-state index in [2.05, 4.69) is 5.32 Å². The van der Waals surface area contributed by atoms with Gasteiger partial charge in [-0.2, -0.15) is 0 Å². The first-order chi connectivity index (χ1) is 7.04. The van der Waals surface area contributed by atoms with Gasteiger partial charge in [0.15, 0.2) is 0 Å². The summed E-state index contributed by atoms with van der Waals surface area (Å²) in [5.74, 6) is -1.75. The van der Waals surface area contributed by atoms with Gasteiger partial charge in [-0.15, -0.1) is 0 Å². The van der Waals surface area contributed by atoms with Crippen LogP contribution in [0.1, 0.15) is 32.6 Å². The first kappa shape index (κ1) is 10.4. The minimum absolute atomic E-state index is 0.00123. The first-order valence-electron chi connectivity index (χ1n) is 5.26. The van der Waals surface area contributed by atoms with Crippen molar-refractivity contribution in [2.75, 3.05) is 0 Å². The lowest BCUT2D eigenvalue weighted by Crippen LogP contribution is -2.65. The molecule has 1 saturated heterocycles. The summed E-state index contributed by atoms with van der Waals surface area (Å²) in [5.41, 5.74) is -1.71. The van der Waals surface area contributed by atoms with Crippen LogP contribution in [0.3, 0.4) is 0 Å². The number of carbonyl (C=O) groups is 2. The number of hydrogen-bond acceptors (Lipinski definition) is 3. The number of carboxylic acid groups (broad SMARTS) is 1. The zero-order valence-electron chi connectivity index (χ0n) is 8.66. The molecule has 0 aromatic carbocycles. The number of nitrogens with one attached hydrogen (secondary N) is 1. The summed E-state index contributed by atoms with van der Waals surface area (Å²) in [6, 6.07) is -0.00123. The van der Waals surface area contributed by atoms with Crippen molar-refractivity contribution in [1.82, 2.24) is 5.32 Å². The molecule has 1 amide bonds. The molecule has 15 heavy (non-hydrogen) atoms. The van der Waals surface area contributed by atoms with Crippen molar-refractivity contribution in [1.29, 1.82) is 0 Å². The number of fused-ring (bicyclic) bond motifs is 1. The third-order valence-electron chi connectivity index (χ3n) is 3.25. The molecule has 2 N–H and O–H groups in total. The quantitative estimate of drug-likeness (QED) is 0.614. The predicted molar refractivity (Wildman–Crippen MR) is 51.3 cm³/mol. The van der Waals surface area contributed by atoms with Gasteiger partial charge in [0.2, 0.25) is 5.60 Å². The largest absolute Gasteiger partial charge is 0.479 e. The maximum atomic E-state index is 11.6. The highest BCUT2D eigenvalue weighted by molar-refractivity contribution is 6.05. The van der Waals surface area contributed by atoms with Gasteiger partial charge in [-0.3, -0.25) is 4.79 Å². The normalized spacial score (nSPS) is 40.5. The second-order valence-corrected chi connectivity index (χ2v) is 4.36. The summed E-state index contributed by atoms with van der Waals surface area (Å²) >= 11 is 0. The molecule has 0 spiro atoms. The fourth-order valence-electron chi connectivity index (χ4n) is 2.21. The number of aliphatic carboxylic acids is 1. The fraction of sp³-hybridized carbons (Fsp3) is 0.800. The lowest BCUT2D eigenvalue weighted by molar-refractivity contribution is -0.192. The molecule has 2 fully saturated rings. The van der Waals surface area contributed by atoms with E-state index in [1.165, 1.54) is 6.92 Å². The molecule has 1 aliphatic heterocycles. The topological polar surface area (TPSA) is 75.6 Å². The SMILES string of the molecule is C[C@]1(C(=O)O)OC2CCCC[C@H]2NC1=O. The molecule has 1 saturated carbocycles. The van der Waals surface area contributed by atoms with E-state index < -0.39 is 17.5 Å². The van der Waals surface area contributed by atoms with Crippen LogP contribution in [0.2, 0.25) is 0 Å². The Morgan fingerprint density at radius 2 is 2.20 bits per heavy atom.